The Kier molecular flexibility index (Phi) is 3.78. The van der Waals surface area contributed by atoms with Crippen LogP contribution in [0.1, 0.15) is 12.7 Å². The van der Waals surface area contributed by atoms with Gasteiger partial charge in [0.05, 0.1) is 13.6 Å². The number of aliphatic hydroxyl groups is 1. The van der Waals surface area contributed by atoms with E-state index in [0.717, 1.165) is 6.54 Å². The summed E-state index contributed by atoms with van der Waals surface area (Å²) in [6.45, 7) is 3.52. The van der Waals surface area contributed by atoms with Crippen molar-refractivity contribution in [3.05, 3.63) is 5.82 Å². The molecule has 6 heteroatoms. The molecule has 1 aromatic heterocycles. The third-order valence-electron chi connectivity index (χ3n) is 1.64. The van der Waals surface area contributed by atoms with E-state index in [-0.39, 0.29) is 12.5 Å². The maximum atomic E-state index is 8.75. The molecule has 13 heavy (non-hydrogen) atoms. The molecule has 0 bridgehead atoms. The van der Waals surface area contributed by atoms with Gasteiger partial charge in [-0.2, -0.15) is 4.80 Å². The normalized spacial score (nSPS) is 13.2. The highest BCUT2D eigenvalue weighted by Gasteiger charge is 2.01. The van der Waals surface area contributed by atoms with Crippen molar-refractivity contribution in [2.75, 3.05) is 13.2 Å². The van der Waals surface area contributed by atoms with Gasteiger partial charge in [-0.3, -0.25) is 0 Å². The third kappa shape index (κ3) is 3.47. The minimum Gasteiger partial charge on any atom is -0.396 e. The van der Waals surface area contributed by atoms with Gasteiger partial charge in [0.1, 0.15) is 0 Å². The largest absolute Gasteiger partial charge is 0.396 e. The minimum absolute atomic E-state index is 0.195. The zero-order valence-corrected chi connectivity index (χ0v) is 7.93. The van der Waals surface area contributed by atoms with Crippen LogP contribution in [0.5, 0.6) is 0 Å². The molecule has 0 amide bonds. The number of nitrogens with one attached hydrogen (secondary N) is 1. The van der Waals surface area contributed by atoms with E-state index in [0.29, 0.717) is 12.4 Å². The summed E-state index contributed by atoms with van der Waals surface area (Å²) in [5, 5.41) is 23.4. The lowest BCUT2D eigenvalue weighted by Crippen LogP contribution is -2.23. The third-order valence-corrected chi connectivity index (χ3v) is 1.64. The number of rotatable bonds is 5. The van der Waals surface area contributed by atoms with Crippen LogP contribution in [0.3, 0.4) is 0 Å². The van der Waals surface area contributed by atoms with Crippen LogP contribution in [0.15, 0.2) is 0 Å². The molecule has 1 heterocycles. The Morgan fingerprint density at radius 1 is 1.62 bits per heavy atom. The molecule has 6 nitrogen and oxygen atoms in total. The average Bonchev–Trinajstić information content (AvgIpc) is 2.51. The van der Waals surface area contributed by atoms with Crippen molar-refractivity contribution in [3.63, 3.8) is 0 Å². The van der Waals surface area contributed by atoms with Crippen LogP contribution in [0.25, 0.3) is 0 Å². The standard InChI is InChI=1S/C7H15N5O/c1-6(5-13)3-8-4-7-9-11-12(2)10-7/h6,8,13H,3-5H2,1-2H3. The van der Waals surface area contributed by atoms with Gasteiger partial charge >= 0.3 is 0 Å². The summed E-state index contributed by atoms with van der Waals surface area (Å²) in [5.74, 6) is 0.935. The Labute approximate surface area is 76.9 Å². The molecule has 0 radical (unpaired) electrons. The predicted octanol–water partition coefficient (Wildman–Crippen LogP) is -1.07. The maximum absolute atomic E-state index is 8.75. The van der Waals surface area contributed by atoms with E-state index in [4.69, 9.17) is 5.11 Å². The monoisotopic (exact) mass is 185 g/mol. The highest BCUT2D eigenvalue weighted by Crippen LogP contribution is 1.90. The Morgan fingerprint density at radius 2 is 2.38 bits per heavy atom. The van der Waals surface area contributed by atoms with Crippen molar-refractivity contribution in [3.8, 4) is 0 Å². The summed E-state index contributed by atoms with van der Waals surface area (Å²) < 4.78 is 0. The summed E-state index contributed by atoms with van der Waals surface area (Å²) in [4.78, 5) is 1.42. The minimum atomic E-state index is 0.195. The Bertz CT molecular complexity index is 249. The number of hydrogen-bond donors (Lipinski definition) is 2. The number of hydrogen-bond acceptors (Lipinski definition) is 5. The molecule has 1 rings (SSSR count). The van der Waals surface area contributed by atoms with Gasteiger partial charge in [-0.15, -0.1) is 10.2 Å². The van der Waals surface area contributed by atoms with E-state index in [1.54, 1.807) is 7.05 Å². The fourth-order valence-electron chi connectivity index (χ4n) is 0.889. The van der Waals surface area contributed by atoms with E-state index in [1.807, 2.05) is 6.92 Å². The molecule has 0 aliphatic heterocycles. The van der Waals surface area contributed by atoms with Gasteiger partial charge in [0.15, 0.2) is 5.82 Å². The number of aryl methyl sites for hydroxylation is 1. The fourth-order valence-corrected chi connectivity index (χ4v) is 0.889. The van der Waals surface area contributed by atoms with E-state index in [2.05, 4.69) is 20.7 Å². The number of nitrogens with zero attached hydrogens (tertiary/aromatic N) is 4. The highest BCUT2D eigenvalue weighted by atomic mass is 16.3. The maximum Gasteiger partial charge on any atom is 0.188 e. The van der Waals surface area contributed by atoms with Gasteiger partial charge in [0.2, 0.25) is 0 Å². The molecule has 1 unspecified atom stereocenters. The first-order chi connectivity index (χ1) is 6.22. The lowest BCUT2D eigenvalue weighted by atomic mass is 10.2. The molecule has 0 saturated carbocycles. The lowest BCUT2D eigenvalue weighted by molar-refractivity contribution is 0.233. The average molecular weight is 185 g/mol. The lowest BCUT2D eigenvalue weighted by Gasteiger charge is -2.06. The van der Waals surface area contributed by atoms with Crippen molar-refractivity contribution in [2.45, 2.75) is 13.5 Å². The van der Waals surface area contributed by atoms with Crippen molar-refractivity contribution in [1.82, 2.24) is 25.5 Å². The summed E-state index contributed by atoms with van der Waals surface area (Å²) in [6, 6.07) is 0. The zero-order chi connectivity index (χ0) is 9.68. The van der Waals surface area contributed by atoms with Crippen molar-refractivity contribution >= 4 is 0 Å². The van der Waals surface area contributed by atoms with Gasteiger partial charge < -0.3 is 10.4 Å². The van der Waals surface area contributed by atoms with Crippen LogP contribution >= 0.6 is 0 Å². The number of aliphatic hydroxyl groups excluding tert-OH is 1. The van der Waals surface area contributed by atoms with E-state index < -0.39 is 0 Å². The molecule has 0 fully saturated rings. The molecule has 0 spiro atoms. The summed E-state index contributed by atoms with van der Waals surface area (Å²) in [5.41, 5.74) is 0. The van der Waals surface area contributed by atoms with Crippen LogP contribution < -0.4 is 5.32 Å². The predicted molar refractivity (Wildman–Crippen MR) is 46.8 cm³/mol. The molecule has 0 saturated heterocycles. The van der Waals surface area contributed by atoms with E-state index in [1.165, 1.54) is 4.80 Å². The molecule has 0 aliphatic rings. The molecule has 1 aromatic rings. The number of tetrazole rings is 1. The van der Waals surface area contributed by atoms with Crippen molar-refractivity contribution < 1.29 is 5.11 Å². The molecular formula is C7H15N5O. The van der Waals surface area contributed by atoms with Crippen molar-refractivity contribution in [1.29, 1.82) is 0 Å². The molecule has 0 aromatic carbocycles. The topological polar surface area (TPSA) is 75.9 Å². The van der Waals surface area contributed by atoms with E-state index in [9.17, 15) is 0 Å². The second kappa shape index (κ2) is 4.88. The quantitative estimate of drug-likeness (QED) is 0.611. The summed E-state index contributed by atoms with van der Waals surface area (Å²) >= 11 is 0. The highest BCUT2D eigenvalue weighted by molar-refractivity contribution is 4.75. The second-order valence-electron chi connectivity index (χ2n) is 3.11. The summed E-state index contributed by atoms with van der Waals surface area (Å²) in [6.07, 6.45) is 0. The van der Waals surface area contributed by atoms with Crippen LogP contribution in [0, 0.1) is 5.92 Å². The molecule has 2 N–H and O–H groups in total. The molecule has 0 aliphatic carbocycles. The Hall–Kier alpha value is -1.01. The Morgan fingerprint density at radius 3 is 2.92 bits per heavy atom. The van der Waals surface area contributed by atoms with Gasteiger partial charge in [-0.25, -0.2) is 0 Å². The van der Waals surface area contributed by atoms with Gasteiger partial charge in [0.25, 0.3) is 0 Å². The van der Waals surface area contributed by atoms with Crippen LogP contribution in [0.2, 0.25) is 0 Å². The molecule has 1 atom stereocenters. The fraction of sp³-hybridized carbons (Fsp3) is 0.857. The SMILES string of the molecule is CC(CO)CNCc1nnn(C)n1. The van der Waals surface area contributed by atoms with Crippen molar-refractivity contribution in [2.24, 2.45) is 13.0 Å². The first-order valence-corrected chi connectivity index (χ1v) is 4.27. The second-order valence-corrected chi connectivity index (χ2v) is 3.11. The first kappa shape index (κ1) is 10.1. The van der Waals surface area contributed by atoms with Crippen LogP contribution in [-0.4, -0.2) is 38.5 Å². The van der Waals surface area contributed by atoms with Gasteiger partial charge in [-0.05, 0) is 11.1 Å². The Balaban J connectivity index is 2.20. The molecular weight excluding hydrogens is 170 g/mol. The number of aromatic nitrogens is 4. The smallest absolute Gasteiger partial charge is 0.188 e. The first-order valence-electron chi connectivity index (χ1n) is 4.27. The molecule has 74 valence electrons. The van der Waals surface area contributed by atoms with E-state index >= 15 is 0 Å². The van der Waals surface area contributed by atoms with Gasteiger partial charge in [0, 0.05) is 13.2 Å². The van der Waals surface area contributed by atoms with Crippen LogP contribution in [-0.2, 0) is 13.6 Å². The van der Waals surface area contributed by atoms with Crippen LogP contribution in [0.4, 0.5) is 0 Å². The summed E-state index contributed by atoms with van der Waals surface area (Å²) in [7, 11) is 1.73. The zero-order valence-electron chi connectivity index (χ0n) is 7.93. The van der Waals surface area contributed by atoms with Gasteiger partial charge in [-0.1, -0.05) is 6.92 Å².